The Labute approximate surface area is 186 Å². The number of hydrogen-bond acceptors (Lipinski definition) is 3. The van der Waals surface area contributed by atoms with E-state index in [0.29, 0.717) is 25.6 Å². The summed E-state index contributed by atoms with van der Waals surface area (Å²) in [7, 11) is 1.43. The third kappa shape index (κ3) is 9.04. The Bertz CT molecular complexity index is 642. The van der Waals surface area contributed by atoms with Crippen LogP contribution in [-0.2, 0) is 4.74 Å². The molecule has 0 radical (unpaired) electrons. The van der Waals surface area contributed by atoms with E-state index in [0.717, 1.165) is 5.56 Å². The molecule has 1 heterocycles. The van der Waals surface area contributed by atoms with E-state index >= 15 is 0 Å². The lowest BCUT2D eigenvalue weighted by Gasteiger charge is -2.38. The van der Waals surface area contributed by atoms with Crippen LogP contribution in [-0.4, -0.2) is 74.4 Å². The number of rotatable bonds is 6. The van der Waals surface area contributed by atoms with Gasteiger partial charge >= 0.3 is 6.18 Å². The average Bonchev–Trinajstić information content (AvgIpc) is 2.59. The van der Waals surface area contributed by atoms with Crippen LogP contribution >= 0.6 is 24.0 Å². The van der Waals surface area contributed by atoms with E-state index in [4.69, 9.17) is 4.74 Å². The monoisotopic (exact) mass is 532 g/mol. The number of likely N-dealkylation sites (N-methyl/N-ethyl adjacent to an activating group) is 1. The van der Waals surface area contributed by atoms with Crippen molar-refractivity contribution in [1.29, 1.82) is 0 Å². The van der Waals surface area contributed by atoms with E-state index in [1.807, 2.05) is 18.7 Å². The summed E-state index contributed by atoms with van der Waals surface area (Å²) in [5.74, 6) is 0.340. The summed E-state index contributed by atoms with van der Waals surface area (Å²) in [5, 5.41) is 3.20. The highest BCUT2D eigenvalue weighted by molar-refractivity contribution is 14.0. The van der Waals surface area contributed by atoms with Crippen molar-refractivity contribution in [2.75, 3.05) is 46.3 Å². The Morgan fingerprint density at radius 2 is 1.93 bits per heavy atom. The Hall–Kier alpha value is -1.14. The molecule has 1 N–H and O–H groups in total. The Kier molecular flexibility index (Phi) is 10.6. The molecule has 1 fully saturated rings. The van der Waals surface area contributed by atoms with Crippen LogP contribution in [0.2, 0.25) is 0 Å². The first kappa shape index (κ1) is 25.9. The first-order chi connectivity index (χ1) is 13.2. The fraction of sp³-hybridized carbons (Fsp3) is 0.632. The highest BCUT2D eigenvalue weighted by Crippen LogP contribution is 2.25. The second-order valence-electron chi connectivity index (χ2n) is 6.98. The summed E-state index contributed by atoms with van der Waals surface area (Å²) < 4.78 is 56.5. The third-order valence-corrected chi connectivity index (χ3v) is 4.33. The van der Waals surface area contributed by atoms with Gasteiger partial charge in [-0.15, -0.1) is 24.0 Å². The summed E-state index contributed by atoms with van der Waals surface area (Å²) in [6.45, 7) is 5.17. The summed E-state index contributed by atoms with van der Waals surface area (Å²) in [5.41, 5.74) is 0.874. The number of hydrogen-bond donors (Lipinski definition) is 1. The van der Waals surface area contributed by atoms with Crippen LogP contribution < -0.4 is 5.32 Å². The van der Waals surface area contributed by atoms with Crippen molar-refractivity contribution in [2.24, 2.45) is 4.99 Å². The summed E-state index contributed by atoms with van der Waals surface area (Å²) >= 11 is 0. The van der Waals surface area contributed by atoms with Crippen molar-refractivity contribution in [2.45, 2.75) is 32.2 Å². The predicted molar refractivity (Wildman–Crippen MR) is 116 cm³/mol. The molecule has 1 aliphatic rings. The molecule has 1 aromatic rings. The van der Waals surface area contributed by atoms with Gasteiger partial charge in [0, 0.05) is 19.6 Å². The number of morpholine rings is 1. The number of alkyl halides is 3. The van der Waals surface area contributed by atoms with Crippen molar-refractivity contribution in [3.05, 3.63) is 35.6 Å². The lowest BCUT2D eigenvalue weighted by Crippen LogP contribution is -2.51. The van der Waals surface area contributed by atoms with Crippen molar-refractivity contribution in [3.8, 4) is 0 Å². The van der Waals surface area contributed by atoms with E-state index in [1.54, 1.807) is 12.1 Å². The van der Waals surface area contributed by atoms with Crippen LogP contribution in [0.1, 0.15) is 25.5 Å². The molecule has 0 aromatic heterocycles. The van der Waals surface area contributed by atoms with Crippen molar-refractivity contribution in [3.63, 3.8) is 0 Å². The molecule has 10 heteroatoms. The Morgan fingerprint density at radius 1 is 1.28 bits per heavy atom. The molecule has 1 saturated heterocycles. The standard InChI is InChI=1S/C19H28F4N4O.HI/c1-4-24-18(25-9-10-26(3)13-19(21,22)23)27-11-14(2)28-17(12-27)15-5-7-16(20)8-6-15;/h5-8,14,17H,4,9-13H2,1-3H3,(H,24,25);1H. The second kappa shape index (κ2) is 11.9. The fourth-order valence-corrected chi connectivity index (χ4v) is 3.12. The molecule has 0 aliphatic carbocycles. The van der Waals surface area contributed by atoms with E-state index in [9.17, 15) is 17.6 Å². The van der Waals surface area contributed by atoms with Gasteiger partial charge in [-0.1, -0.05) is 12.1 Å². The average molecular weight is 532 g/mol. The van der Waals surface area contributed by atoms with Crippen LogP contribution in [0, 0.1) is 5.82 Å². The van der Waals surface area contributed by atoms with Gasteiger partial charge in [-0.2, -0.15) is 13.2 Å². The van der Waals surface area contributed by atoms with Crippen molar-refractivity contribution < 1.29 is 22.3 Å². The second-order valence-corrected chi connectivity index (χ2v) is 6.98. The molecule has 0 bridgehead atoms. The van der Waals surface area contributed by atoms with Gasteiger partial charge in [0.05, 0.1) is 25.7 Å². The van der Waals surface area contributed by atoms with Crippen LogP contribution in [0.5, 0.6) is 0 Å². The van der Waals surface area contributed by atoms with Gasteiger partial charge in [-0.05, 0) is 38.6 Å². The van der Waals surface area contributed by atoms with Crippen LogP contribution in [0.3, 0.4) is 0 Å². The largest absolute Gasteiger partial charge is 0.401 e. The normalized spacial score (nSPS) is 20.6. The maximum atomic E-state index is 13.2. The lowest BCUT2D eigenvalue weighted by molar-refractivity contribution is -0.142. The summed E-state index contributed by atoms with van der Waals surface area (Å²) in [4.78, 5) is 7.73. The van der Waals surface area contributed by atoms with Crippen LogP contribution in [0.15, 0.2) is 29.3 Å². The fourth-order valence-electron chi connectivity index (χ4n) is 3.12. The topological polar surface area (TPSA) is 40.1 Å². The first-order valence-corrected chi connectivity index (χ1v) is 9.37. The molecule has 166 valence electrons. The quantitative estimate of drug-likeness (QED) is 0.263. The molecule has 0 amide bonds. The summed E-state index contributed by atoms with van der Waals surface area (Å²) in [6, 6.07) is 6.20. The smallest absolute Gasteiger partial charge is 0.367 e. The van der Waals surface area contributed by atoms with E-state index in [2.05, 4.69) is 10.3 Å². The zero-order valence-electron chi connectivity index (χ0n) is 16.9. The SMILES string of the molecule is CCNC(=NCCN(C)CC(F)(F)F)N1CC(C)OC(c2ccc(F)cc2)C1.I. The van der Waals surface area contributed by atoms with Gasteiger partial charge in [-0.25, -0.2) is 4.39 Å². The van der Waals surface area contributed by atoms with Gasteiger partial charge < -0.3 is 15.0 Å². The molecule has 2 rings (SSSR count). The van der Waals surface area contributed by atoms with Gasteiger partial charge in [0.25, 0.3) is 0 Å². The van der Waals surface area contributed by atoms with E-state index in [1.165, 1.54) is 24.1 Å². The van der Waals surface area contributed by atoms with E-state index in [-0.39, 0.29) is 55.1 Å². The number of ether oxygens (including phenoxy) is 1. The van der Waals surface area contributed by atoms with Gasteiger partial charge in [0.1, 0.15) is 11.9 Å². The number of halogens is 5. The minimum atomic E-state index is -4.22. The molecule has 0 saturated carbocycles. The van der Waals surface area contributed by atoms with Crippen LogP contribution in [0.25, 0.3) is 0 Å². The summed E-state index contributed by atoms with van der Waals surface area (Å²) in [6.07, 6.45) is -4.52. The number of nitrogens with one attached hydrogen (secondary N) is 1. The Balaban J connectivity index is 0.00000420. The minimum Gasteiger partial charge on any atom is -0.367 e. The third-order valence-electron chi connectivity index (χ3n) is 4.33. The molecule has 2 unspecified atom stereocenters. The maximum absolute atomic E-state index is 13.2. The minimum absolute atomic E-state index is 0. The van der Waals surface area contributed by atoms with Gasteiger partial charge in [0.15, 0.2) is 5.96 Å². The van der Waals surface area contributed by atoms with E-state index < -0.39 is 12.7 Å². The molecular weight excluding hydrogens is 503 g/mol. The molecule has 1 aliphatic heterocycles. The number of benzene rings is 1. The van der Waals surface area contributed by atoms with Gasteiger partial charge in [-0.3, -0.25) is 9.89 Å². The van der Waals surface area contributed by atoms with Crippen molar-refractivity contribution >= 4 is 29.9 Å². The lowest BCUT2D eigenvalue weighted by atomic mass is 10.1. The number of nitrogens with zero attached hydrogens (tertiary/aromatic N) is 3. The van der Waals surface area contributed by atoms with Crippen molar-refractivity contribution in [1.82, 2.24) is 15.1 Å². The Morgan fingerprint density at radius 3 is 2.52 bits per heavy atom. The zero-order chi connectivity index (χ0) is 20.7. The highest BCUT2D eigenvalue weighted by Gasteiger charge is 2.30. The number of guanidine groups is 1. The maximum Gasteiger partial charge on any atom is 0.401 e. The molecular formula is C19H29F4IN4O. The van der Waals surface area contributed by atoms with Crippen LogP contribution in [0.4, 0.5) is 17.6 Å². The molecule has 2 atom stereocenters. The molecule has 29 heavy (non-hydrogen) atoms. The first-order valence-electron chi connectivity index (χ1n) is 9.37. The number of aliphatic imine (C=N–C) groups is 1. The predicted octanol–water partition coefficient (Wildman–Crippen LogP) is 3.67. The molecule has 1 aromatic carbocycles. The van der Waals surface area contributed by atoms with Gasteiger partial charge in [0.2, 0.25) is 0 Å². The zero-order valence-corrected chi connectivity index (χ0v) is 19.2. The molecule has 5 nitrogen and oxygen atoms in total. The molecule has 0 spiro atoms. The highest BCUT2D eigenvalue weighted by atomic mass is 127.